The maximum atomic E-state index is 11.3. The zero-order valence-corrected chi connectivity index (χ0v) is 7.25. The summed E-state index contributed by atoms with van der Waals surface area (Å²) >= 11 is 0. The van der Waals surface area contributed by atoms with Crippen LogP contribution in [0.3, 0.4) is 0 Å². The van der Waals surface area contributed by atoms with Crippen molar-refractivity contribution in [2.75, 3.05) is 0 Å². The second-order valence-electron chi connectivity index (χ2n) is 3.46. The first-order chi connectivity index (χ1) is 5.74. The van der Waals surface area contributed by atoms with Gasteiger partial charge in [0.1, 0.15) is 5.78 Å². The van der Waals surface area contributed by atoms with Gasteiger partial charge in [-0.3, -0.25) is 4.79 Å². The van der Waals surface area contributed by atoms with Crippen molar-refractivity contribution in [2.24, 2.45) is 11.7 Å². The van der Waals surface area contributed by atoms with Gasteiger partial charge < -0.3 is 5.73 Å². The molecule has 0 unspecified atom stereocenters. The van der Waals surface area contributed by atoms with Crippen LogP contribution in [-0.2, 0) is 4.79 Å². The summed E-state index contributed by atoms with van der Waals surface area (Å²) in [7, 11) is 0. The van der Waals surface area contributed by atoms with E-state index in [1.165, 1.54) is 0 Å². The summed E-state index contributed by atoms with van der Waals surface area (Å²) in [5.41, 5.74) is 5.72. The highest BCUT2D eigenvalue weighted by Gasteiger charge is 2.23. The average molecular weight is 165 g/mol. The molecule has 0 heterocycles. The van der Waals surface area contributed by atoms with Crippen LogP contribution in [0.15, 0.2) is 0 Å². The summed E-state index contributed by atoms with van der Waals surface area (Å²) in [6, 6.07) is 0.305. The Bertz CT molecular complexity index is 196. The lowest BCUT2D eigenvalue weighted by Crippen LogP contribution is -2.29. The van der Waals surface area contributed by atoms with Crippen LogP contribution < -0.4 is 5.73 Å². The molecule has 2 heteroatoms. The first kappa shape index (κ1) is 9.28. The number of carbonyl (C=O) groups is 1. The number of hydrogen-bond acceptors (Lipinski definition) is 2. The molecule has 1 aliphatic carbocycles. The number of hydrogen-bond donors (Lipinski definition) is 1. The third kappa shape index (κ3) is 2.35. The van der Waals surface area contributed by atoms with Gasteiger partial charge in [-0.1, -0.05) is 5.92 Å². The fourth-order valence-corrected chi connectivity index (χ4v) is 1.69. The van der Waals surface area contributed by atoms with Crippen LogP contribution in [0, 0.1) is 18.3 Å². The van der Waals surface area contributed by atoms with E-state index < -0.39 is 0 Å². The molecule has 0 aliphatic heterocycles. The molecule has 1 saturated carbocycles. The van der Waals surface area contributed by atoms with Crippen LogP contribution in [0.2, 0.25) is 0 Å². The molecule has 2 N–H and O–H groups in total. The Hall–Kier alpha value is -0.810. The van der Waals surface area contributed by atoms with Crippen LogP contribution >= 0.6 is 0 Å². The minimum Gasteiger partial charge on any atom is -0.328 e. The molecule has 12 heavy (non-hydrogen) atoms. The number of rotatable bonds is 2. The second-order valence-corrected chi connectivity index (χ2v) is 3.46. The van der Waals surface area contributed by atoms with Crippen molar-refractivity contribution in [3.63, 3.8) is 0 Å². The van der Waals surface area contributed by atoms with Gasteiger partial charge in [-0.05, 0) is 25.7 Å². The summed E-state index contributed by atoms with van der Waals surface area (Å²) in [4.78, 5) is 11.3. The Morgan fingerprint density at radius 2 is 2.00 bits per heavy atom. The molecule has 0 aromatic rings. The monoisotopic (exact) mass is 165 g/mol. The average Bonchev–Trinajstić information content (AvgIpc) is 2.06. The van der Waals surface area contributed by atoms with E-state index in [1.807, 2.05) is 0 Å². The molecule has 2 nitrogen and oxygen atoms in total. The molecule has 0 aromatic carbocycles. The van der Waals surface area contributed by atoms with Gasteiger partial charge in [0.15, 0.2) is 0 Å². The van der Waals surface area contributed by atoms with Gasteiger partial charge in [0.05, 0.1) is 6.42 Å². The Morgan fingerprint density at radius 1 is 1.42 bits per heavy atom. The van der Waals surface area contributed by atoms with Gasteiger partial charge in [0.2, 0.25) is 0 Å². The zero-order chi connectivity index (χ0) is 8.97. The normalized spacial score (nSPS) is 29.3. The van der Waals surface area contributed by atoms with Crippen LogP contribution in [0.5, 0.6) is 0 Å². The lowest BCUT2D eigenvalue weighted by atomic mass is 9.83. The SMILES string of the molecule is C#CCC(=O)C1CCC(N)CC1. The minimum absolute atomic E-state index is 0.195. The van der Waals surface area contributed by atoms with Crippen molar-refractivity contribution in [2.45, 2.75) is 38.1 Å². The van der Waals surface area contributed by atoms with Gasteiger partial charge in [0.25, 0.3) is 0 Å². The number of carbonyl (C=O) groups excluding carboxylic acids is 1. The van der Waals surface area contributed by atoms with Crippen molar-refractivity contribution < 1.29 is 4.79 Å². The smallest absolute Gasteiger partial charge is 0.147 e. The van der Waals surface area contributed by atoms with Crippen LogP contribution in [0.4, 0.5) is 0 Å². The van der Waals surface area contributed by atoms with E-state index in [4.69, 9.17) is 12.2 Å². The molecule has 0 spiro atoms. The lowest BCUT2D eigenvalue weighted by Gasteiger charge is -2.24. The van der Waals surface area contributed by atoms with E-state index in [0.29, 0.717) is 12.5 Å². The molecular formula is C10H15NO. The van der Waals surface area contributed by atoms with Crippen molar-refractivity contribution in [1.29, 1.82) is 0 Å². The highest BCUT2D eigenvalue weighted by atomic mass is 16.1. The van der Waals surface area contributed by atoms with E-state index in [2.05, 4.69) is 5.92 Å². The molecule has 0 saturated heterocycles. The predicted molar refractivity (Wildman–Crippen MR) is 48.4 cm³/mol. The Balaban J connectivity index is 2.35. The third-order valence-electron chi connectivity index (χ3n) is 2.50. The third-order valence-corrected chi connectivity index (χ3v) is 2.50. The first-order valence-corrected chi connectivity index (χ1v) is 4.45. The number of terminal acetylenes is 1. The topological polar surface area (TPSA) is 43.1 Å². The van der Waals surface area contributed by atoms with Gasteiger partial charge in [-0.15, -0.1) is 6.42 Å². The minimum atomic E-state index is 0.195. The van der Waals surface area contributed by atoms with E-state index >= 15 is 0 Å². The molecule has 1 rings (SSSR count). The summed E-state index contributed by atoms with van der Waals surface area (Å²) in [6.07, 6.45) is 9.17. The lowest BCUT2D eigenvalue weighted by molar-refractivity contribution is -0.122. The van der Waals surface area contributed by atoms with Crippen molar-refractivity contribution >= 4 is 5.78 Å². The van der Waals surface area contributed by atoms with Crippen molar-refractivity contribution in [3.8, 4) is 12.3 Å². The molecule has 0 atom stereocenters. The van der Waals surface area contributed by atoms with Gasteiger partial charge in [-0.2, -0.15) is 0 Å². The summed E-state index contributed by atoms with van der Waals surface area (Å²) < 4.78 is 0. The molecule has 0 amide bonds. The summed E-state index contributed by atoms with van der Waals surface area (Å²) in [5, 5.41) is 0. The van der Waals surface area contributed by atoms with E-state index in [9.17, 15) is 4.79 Å². The molecule has 1 fully saturated rings. The maximum absolute atomic E-state index is 11.3. The van der Waals surface area contributed by atoms with Gasteiger partial charge in [0, 0.05) is 12.0 Å². The zero-order valence-electron chi connectivity index (χ0n) is 7.25. The van der Waals surface area contributed by atoms with E-state index in [0.717, 1.165) is 25.7 Å². The molecule has 0 radical (unpaired) electrons. The first-order valence-electron chi connectivity index (χ1n) is 4.45. The largest absolute Gasteiger partial charge is 0.328 e. The molecular weight excluding hydrogens is 150 g/mol. The molecule has 66 valence electrons. The molecule has 0 aromatic heterocycles. The van der Waals surface area contributed by atoms with Gasteiger partial charge in [-0.25, -0.2) is 0 Å². The fourth-order valence-electron chi connectivity index (χ4n) is 1.69. The van der Waals surface area contributed by atoms with Crippen LogP contribution in [0.25, 0.3) is 0 Å². The molecule has 0 bridgehead atoms. The number of Topliss-reactive ketones (excluding diaryl/α,β-unsaturated/α-hetero) is 1. The highest BCUT2D eigenvalue weighted by Crippen LogP contribution is 2.24. The molecule has 1 aliphatic rings. The van der Waals surface area contributed by atoms with E-state index in [-0.39, 0.29) is 11.7 Å². The van der Waals surface area contributed by atoms with E-state index in [1.54, 1.807) is 0 Å². The summed E-state index contributed by atoms with van der Waals surface area (Å²) in [6.45, 7) is 0. The van der Waals surface area contributed by atoms with Crippen molar-refractivity contribution in [3.05, 3.63) is 0 Å². The van der Waals surface area contributed by atoms with Crippen LogP contribution in [-0.4, -0.2) is 11.8 Å². The number of ketones is 1. The Labute approximate surface area is 73.5 Å². The van der Waals surface area contributed by atoms with Gasteiger partial charge >= 0.3 is 0 Å². The predicted octanol–water partition coefficient (Wildman–Crippen LogP) is 1.10. The maximum Gasteiger partial charge on any atom is 0.147 e. The quantitative estimate of drug-likeness (QED) is 0.622. The standard InChI is InChI=1S/C10H15NO/c1-2-3-10(12)8-4-6-9(11)7-5-8/h1,8-9H,3-7,11H2. The number of nitrogens with two attached hydrogens (primary N) is 1. The summed E-state index contributed by atoms with van der Waals surface area (Å²) in [5.74, 6) is 2.82. The highest BCUT2D eigenvalue weighted by molar-refractivity contribution is 5.83. The second kappa shape index (κ2) is 4.27. The van der Waals surface area contributed by atoms with Crippen molar-refractivity contribution in [1.82, 2.24) is 0 Å². The fraction of sp³-hybridized carbons (Fsp3) is 0.700. The Kier molecular flexibility index (Phi) is 3.31. The van der Waals surface area contributed by atoms with Crippen LogP contribution in [0.1, 0.15) is 32.1 Å². The Morgan fingerprint density at radius 3 is 2.50 bits per heavy atom.